The van der Waals surface area contributed by atoms with Crippen LogP contribution in [0.3, 0.4) is 0 Å². The Morgan fingerprint density at radius 2 is 1.29 bits per heavy atom. The molecule has 0 heterocycles. The van der Waals surface area contributed by atoms with Crippen LogP contribution in [0.1, 0.15) is 11.1 Å². The second kappa shape index (κ2) is 4.07. The Labute approximate surface area is 84.2 Å². The highest BCUT2D eigenvalue weighted by molar-refractivity contribution is 5.34. The third-order valence-electron chi connectivity index (χ3n) is 2.27. The van der Waals surface area contributed by atoms with E-state index in [-0.39, 0.29) is 0 Å². The molecular weight excluding hydrogens is 170 g/mol. The molecule has 14 heavy (non-hydrogen) atoms. The summed E-state index contributed by atoms with van der Waals surface area (Å²) in [5, 5.41) is 0. The molecule has 0 amide bonds. The largest absolute Gasteiger partial charge is 0.325 e. The van der Waals surface area contributed by atoms with Crippen LogP contribution in [-0.2, 0) is 6.42 Å². The minimum Gasteiger partial charge on any atom is -0.325 e. The molecule has 0 radical (unpaired) electrons. The van der Waals surface area contributed by atoms with Crippen LogP contribution in [-0.4, -0.2) is 0 Å². The van der Waals surface area contributed by atoms with Crippen LogP contribution in [0.5, 0.6) is 0 Å². The number of hydrogen-bond donors (Lipinski definition) is 1. The Morgan fingerprint density at radius 3 is 1.93 bits per heavy atom. The van der Waals surface area contributed by atoms with Gasteiger partial charge in [-0.15, -0.1) is 0 Å². The summed E-state index contributed by atoms with van der Waals surface area (Å²) in [4.78, 5) is 0. The molecule has 2 rings (SSSR count). The van der Waals surface area contributed by atoms with Crippen molar-refractivity contribution in [1.29, 1.82) is 0 Å². The van der Waals surface area contributed by atoms with Gasteiger partial charge in [-0.3, -0.25) is 0 Å². The summed E-state index contributed by atoms with van der Waals surface area (Å²) in [6, 6.07) is 18.9. The van der Waals surface area contributed by atoms with Crippen LogP contribution in [0.4, 0.5) is 5.69 Å². The van der Waals surface area contributed by atoms with E-state index in [2.05, 4.69) is 54.3 Å². The lowest BCUT2D eigenvalue weighted by atomic mass is 10.1. The van der Waals surface area contributed by atoms with Crippen molar-refractivity contribution in [3.05, 3.63) is 65.7 Å². The summed E-state index contributed by atoms with van der Waals surface area (Å²) >= 11 is 0. The fourth-order valence-electron chi connectivity index (χ4n) is 1.49. The third kappa shape index (κ3) is 2.21. The smallest absolute Gasteiger partial charge is 0.127 e. The zero-order chi connectivity index (χ0) is 9.80. The van der Waals surface area contributed by atoms with E-state index < -0.39 is 0 Å². The molecule has 0 aliphatic heterocycles. The number of benzene rings is 2. The molecule has 2 aromatic rings. The Morgan fingerprint density at radius 1 is 0.714 bits per heavy atom. The van der Waals surface area contributed by atoms with Crippen LogP contribution < -0.4 is 5.73 Å². The van der Waals surface area contributed by atoms with Gasteiger partial charge >= 0.3 is 0 Å². The lowest BCUT2D eigenvalue weighted by Gasteiger charge is -2.00. The maximum Gasteiger partial charge on any atom is 0.127 e. The lowest BCUT2D eigenvalue weighted by molar-refractivity contribution is -0.254. The van der Waals surface area contributed by atoms with Gasteiger partial charge in [-0.1, -0.05) is 42.5 Å². The first-order chi connectivity index (χ1) is 6.84. The molecule has 0 atom stereocenters. The van der Waals surface area contributed by atoms with Gasteiger partial charge in [0.25, 0.3) is 0 Å². The topological polar surface area (TPSA) is 27.6 Å². The molecule has 0 aliphatic carbocycles. The predicted molar refractivity (Wildman–Crippen MR) is 58.2 cm³/mol. The van der Waals surface area contributed by atoms with Crippen molar-refractivity contribution in [3.8, 4) is 0 Å². The fourth-order valence-corrected chi connectivity index (χ4v) is 1.49. The van der Waals surface area contributed by atoms with Crippen molar-refractivity contribution in [2.24, 2.45) is 0 Å². The minimum atomic E-state index is 1.00. The molecule has 0 bridgehead atoms. The van der Waals surface area contributed by atoms with E-state index in [0.717, 1.165) is 12.1 Å². The molecular formula is C13H14N+. The first-order valence-electron chi connectivity index (χ1n) is 4.79. The van der Waals surface area contributed by atoms with Crippen LogP contribution in [0.2, 0.25) is 0 Å². The van der Waals surface area contributed by atoms with Crippen LogP contribution in [0.25, 0.3) is 0 Å². The SMILES string of the molecule is [NH3+]c1ccc(Cc2ccccc2)cc1. The van der Waals surface area contributed by atoms with E-state index in [1.54, 1.807) is 0 Å². The Bertz CT molecular complexity index is 389. The average molecular weight is 184 g/mol. The first kappa shape index (κ1) is 8.97. The molecule has 0 aliphatic rings. The van der Waals surface area contributed by atoms with Gasteiger partial charge in [0, 0.05) is 0 Å². The summed E-state index contributed by atoms with van der Waals surface area (Å²) in [6.07, 6.45) is 1.00. The van der Waals surface area contributed by atoms with Crippen molar-refractivity contribution < 1.29 is 5.73 Å². The van der Waals surface area contributed by atoms with Gasteiger partial charge in [0.1, 0.15) is 5.69 Å². The van der Waals surface area contributed by atoms with Crippen LogP contribution in [0.15, 0.2) is 54.6 Å². The van der Waals surface area contributed by atoms with Crippen molar-refractivity contribution in [1.82, 2.24) is 0 Å². The lowest BCUT2D eigenvalue weighted by Crippen LogP contribution is -2.39. The van der Waals surface area contributed by atoms with E-state index in [1.807, 2.05) is 6.07 Å². The van der Waals surface area contributed by atoms with Crippen LogP contribution in [0, 0.1) is 0 Å². The van der Waals surface area contributed by atoms with E-state index in [1.165, 1.54) is 11.1 Å². The van der Waals surface area contributed by atoms with Gasteiger partial charge in [0.05, 0.1) is 0 Å². The van der Waals surface area contributed by atoms with E-state index in [0.29, 0.717) is 0 Å². The summed E-state index contributed by atoms with van der Waals surface area (Å²) in [7, 11) is 0. The number of hydrogen-bond acceptors (Lipinski definition) is 0. The van der Waals surface area contributed by atoms with Crippen molar-refractivity contribution >= 4 is 5.69 Å². The van der Waals surface area contributed by atoms with Gasteiger partial charge < -0.3 is 5.73 Å². The molecule has 0 saturated carbocycles. The molecule has 0 unspecified atom stereocenters. The van der Waals surface area contributed by atoms with Crippen molar-refractivity contribution in [2.45, 2.75) is 6.42 Å². The molecule has 0 spiro atoms. The van der Waals surface area contributed by atoms with Crippen LogP contribution >= 0.6 is 0 Å². The minimum absolute atomic E-state index is 1.00. The number of rotatable bonds is 2. The van der Waals surface area contributed by atoms with E-state index >= 15 is 0 Å². The molecule has 70 valence electrons. The highest BCUT2D eigenvalue weighted by Gasteiger charge is 1.95. The molecule has 2 aromatic carbocycles. The highest BCUT2D eigenvalue weighted by atomic mass is 14.5. The second-order valence-corrected chi connectivity index (χ2v) is 3.48. The van der Waals surface area contributed by atoms with E-state index in [9.17, 15) is 0 Å². The average Bonchev–Trinajstić information content (AvgIpc) is 2.23. The zero-order valence-electron chi connectivity index (χ0n) is 8.11. The summed E-state index contributed by atoms with van der Waals surface area (Å²) in [5.41, 5.74) is 7.63. The van der Waals surface area contributed by atoms with Gasteiger partial charge in [0.15, 0.2) is 0 Å². The Balaban J connectivity index is 2.16. The Kier molecular flexibility index (Phi) is 2.61. The Hall–Kier alpha value is -1.60. The molecule has 0 aromatic heterocycles. The summed E-state index contributed by atoms with van der Waals surface area (Å²) < 4.78 is 0. The first-order valence-corrected chi connectivity index (χ1v) is 4.79. The predicted octanol–water partition coefficient (Wildman–Crippen LogP) is 2.15. The zero-order valence-corrected chi connectivity index (χ0v) is 8.11. The third-order valence-corrected chi connectivity index (χ3v) is 2.27. The maximum atomic E-state index is 3.87. The second-order valence-electron chi connectivity index (χ2n) is 3.48. The maximum absolute atomic E-state index is 3.87. The van der Waals surface area contributed by atoms with Gasteiger partial charge in [0.2, 0.25) is 0 Å². The van der Waals surface area contributed by atoms with Gasteiger partial charge in [-0.05, 0) is 29.7 Å². The molecule has 1 nitrogen and oxygen atoms in total. The molecule has 0 saturated heterocycles. The quantitative estimate of drug-likeness (QED) is 0.740. The fraction of sp³-hybridized carbons (Fsp3) is 0.0769. The molecule has 1 heteroatoms. The normalized spacial score (nSPS) is 10.1. The summed E-state index contributed by atoms with van der Waals surface area (Å²) in [5.74, 6) is 0. The van der Waals surface area contributed by atoms with Gasteiger partial charge in [-0.2, -0.15) is 0 Å². The molecule has 3 N–H and O–H groups in total. The van der Waals surface area contributed by atoms with Crippen molar-refractivity contribution in [2.75, 3.05) is 0 Å². The number of quaternary nitrogens is 1. The standard InChI is InChI=1S/C13H13N/c14-13-8-6-12(7-9-13)10-11-4-2-1-3-5-11/h1-9H,10,14H2/p+1. The highest BCUT2D eigenvalue weighted by Crippen LogP contribution is 2.10. The summed E-state index contributed by atoms with van der Waals surface area (Å²) in [6.45, 7) is 0. The van der Waals surface area contributed by atoms with E-state index in [4.69, 9.17) is 0 Å². The monoisotopic (exact) mass is 184 g/mol. The van der Waals surface area contributed by atoms with Gasteiger partial charge in [-0.25, -0.2) is 0 Å². The van der Waals surface area contributed by atoms with Crippen molar-refractivity contribution in [3.63, 3.8) is 0 Å². The molecule has 0 fully saturated rings.